The molecule has 35 heavy (non-hydrogen) atoms. The van der Waals surface area contributed by atoms with Gasteiger partial charge in [0.25, 0.3) is 5.91 Å². The van der Waals surface area contributed by atoms with Gasteiger partial charge in [0.05, 0.1) is 6.04 Å². The van der Waals surface area contributed by atoms with Crippen LogP contribution in [0.1, 0.15) is 58.8 Å². The van der Waals surface area contributed by atoms with Gasteiger partial charge in [0.1, 0.15) is 11.6 Å². The van der Waals surface area contributed by atoms with Crippen LogP contribution >= 0.6 is 0 Å². The van der Waals surface area contributed by atoms with Gasteiger partial charge in [-0.2, -0.15) is 0 Å². The fourth-order valence-electron chi connectivity index (χ4n) is 5.05. The van der Waals surface area contributed by atoms with E-state index in [2.05, 4.69) is 5.32 Å². The molecule has 1 N–H and O–H groups in total. The van der Waals surface area contributed by atoms with Gasteiger partial charge in [-0.25, -0.2) is 8.78 Å². The summed E-state index contributed by atoms with van der Waals surface area (Å²) in [5.74, 6) is -1.20. The molecule has 2 amide bonds. The SMILES string of the molecule is O=C1c2ccccc2CC(c2ccc(F)cc2F)N1C1CCCC1.O=CNCCc1ccccc1. The molecule has 1 saturated carbocycles. The summed E-state index contributed by atoms with van der Waals surface area (Å²) in [5, 5.41) is 2.62. The predicted octanol–water partition coefficient (Wildman–Crippen LogP) is 5.62. The highest BCUT2D eigenvalue weighted by Gasteiger charge is 2.39. The second-order valence-corrected chi connectivity index (χ2v) is 9.00. The molecule has 1 heterocycles. The summed E-state index contributed by atoms with van der Waals surface area (Å²) in [6.45, 7) is 0.716. The third-order valence-corrected chi connectivity index (χ3v) is 6.76. The van der Waals surface area contributed by atoms with Crippen LogP contribution in [0.2, 0.25) is 0 Å². The van der Waals surface area contributed by atoms with Crippen molar-refractivity contribution >= 4 is 12.3 Å². The zero-order valence-electron chi connectivity index (χ0n) is 19.6. The molecular weight excluding hydrogens is 446 g/mol. The molecule has 4 nitrogen and oxygen atoms in total. The summed E-state index contributed by atoms with van der Waals surface area (Å²) < 4.78 is 27.7. The maximum absolute atomic E-state index is 14.4. The molecule has 182 valence electrons. The Bertz CT molecular complexity index is 1150. The number of halogens is 2. The van der Waals surface area contributed by atoms with Crippen LogP contribution in [-0.4, -0.2) is 29.8 Å². The van der Waals surface area contributed by atoms with Crippen molar-refractivity contribution in [1.29, 1.82) is 0 Å². The lowest BCUT2D eigenvalue weighted by atomic mass is 9.87. The molecule has 0 saturated heterocycles. The molecule has 0 bridgehead atoms. The first kappa shape index (κ1) is 24.6. The molecule has 3 aromatic rings. The van der Waals surface area contributed by atoms with Gasteiger partial charge in [0.2, 0.25) is 6.41 Å². The van der Waals surface area contributed by atoms with Gasteiger partial charge in [-0.1, -0.05) is 67.4 Å². The van der Waals surface area contributed by atoms with Crippen molar-refractivity contribution in [2.24, 2.45) is 0 Å². The molecule has 1 unspecified atom stereocenters. The first-order valence-corrected chi connectivity index (χ1v) is 12.1. The van der Waals surface area contributed by atoms with E-state index in [1.165, 1.54) is 17.7 Å². The second-order valence-electron chi connectivity index (χ2n) is 9.00. The Labute approximate surface area is 205 Å². The van der Waals surface area contributed by atoms with Gasteiger partial charge < -0.3 is 10.2 Å². The largest absolute Gasteiger partial charge is 0.358 e. The lowest BCUT2D eigenvalue weighted by molar-refractivity contribution is -0.109. The Kier molecular flexibility index (Phi) is 8.24. The molecule has 1 aliphatic carbocycles. The van der Waals surface area contributed by atoms with Crippen LogP contribution in [0.15, 0.2) is 72.8 Å². The predicted molar refractivity (Wildman–Crippen MR) is 132 cm³/mol. The number of hydrogen-bond donors (Lipinski definition) is 1. The Hall–Kier alpha value is -3.54. The van der Waals surface area contributed by atoms with E-state index >= 15 is 0 Å². The van der Waals surface area contributed by atoms with E-state index in [9.17, 15) is 18.4 Å². The highest BCUT2D eigenvalue weighted by molar-refractivity contribution is 5.97. The van der Waals surface area contributed by atoms with E-state index in [4.69, 9.17) is 0 Å². The Balaban J connectivity index is 0.000000221. The topological polar surface area (TPSA) is 49.4 Å². The Morgan fingerprint density at radius 1 is 0.943 bits per heavy atom. The lowest BCUT2D eigenvalue weighted by Gasteiger charge is -2.41. The Morgan fingerprint density at radius 3 is 2.37 bits per heavy atom. The quantitative estimate of drug-likeness (QED) is 0.371. The maximum Gasteiger partial charge on any atom is 0.254 e. The van der Waals surface area contributed by atoms with Crippen molar-refractivity contribution in [3.8, 4) is 0 Å². The van der Waals surface area contributed by atoms with Crippen molar-refractivity contribution in [3.05, 3.63) is 107 Å². The van der Waals surface area contributed by atoms with Crippen molar-refractivity contribution in [2.75, 3.05) is 6.54 Å². The molecule has 1 atom stereocenters. The fourth-order valence-corrected chi connectivity index (χ4v) is 5.05. The number of amides is 2. The molecule has 0 spiro atoms. The van der Waals surface area contributed by atoms with Gasteiger partial charge >= 0.3 is 0 Å². The van der Waals surface area contributed by atoms with Crippen molar-refractivity contribution in [2.45, 2.75) is 50.6 Å². The summed E-state index contributed by atoms with van der Waals surface area (Å²) in [6.07, 6.45) is 6.29. The van der Waals surface area contributed by atoms with Crippen LogP contribution in [0.25, 0.3) is 0 Å². The molecule has 3 aromatic carbocycles. The average Bonchev–Trinajstić information content (AvgIpc) is 3.40. The molecule has 5 rings (SSSR count). The highest BCUT2D eigenvalue weighted by atomic mass is 19.1. The molecule has 2 aliphatic rings. The first-order chi connectivity index (χ1) is 17.1. The van der Waals surface area contributed by atoms with Gasteiger partial charge in [-0.15, -0.1) is 0 Å². The third-order valence-electron chi connectivity index (χ3n) is 6.76. The van der Waals surface area contributed by atoms with Gasteiger partial charge in [-0.3, -0.25) is 9.59 Å². The lowest BCUT2D eigenvalue weighted by Crippen LogP contribution is -2.46. The third kappa shape index (κ3) is 5.94. The van der Waals surface area contributed by atoms with Crippen LogP contribution in [0, 0.1) is 11.6 Å². The van der Waals surface area contributed by atoms with Crippen LogP contribution in [0.4, 0.5) is 8.78 Å². The first-order valence-electron chi connectivity index (χ1n) is 12.1. The highest BCUT2D eigenvalue weighted by Crippen LogP contribution is 2.39. The van der Waals surface area contributed by atoms with E-state index < -0.39 is 11.6 Å². The minimum Gasteiger partial charge on any atom is -0.358 e. The summed E-state index contributed by atoms with van der Waals surface area (Å²) in [5.41, 5.74) is 3.31. The Morgan fingerprint density at radius 2 is 1.66 bits per heavy atom. The number of hydrogen-bond acceptors (Lipinski definition) is 2. The van der Waals surface area contributed by atoms with E-state index in [1.807, 2.05) is 59.5 Å². The van der Waals surface area contributed by atoms with E-state index in [-0.39, 0.29) is 18.0 Å². The standard InChI is InChI=1S/C20H19F2NO.C9H11NO/c21-14-9-10-17(18(22)12-14)19-11-13-5-1-4-8-16(13)20(24)23(19)15-6-2-3-7-15;11-8-10-7-6-9-4-2-1-3-5-9/h1,4-5,8-10,12,15,19H,2-3,6-7,11H2;1-5,8H,6-7H2,(H,10,11). The number of nitrogens with one attached hydrogen (secondary N) is 1. The number of carbonyl (C=O) groups excluding carboxylic acids is 2. The van der Waals surface area contributed by atoms with Crippen LogP contribution in [-0.2, 0) is 17.6 Å². The van der Waals surface area contributed by atoms with Crippen molar-refractivity contribution < 1.29 is 18.4 Å². The van der Waals surface area contributed by atoms with Crippen molar-refractivity contribution in [3.63, 3.8) is 0 Å². The molecule has 0 aromatic heterocycles. The van der Waals surface area contributed by atoms with E-state index in [0.717, 1.165) is 50.1 Å². The number of nitrogens with zero attached hydrogens (tertiary/aromatic N) is 1. The molecule has 1 aliphatic heterocycles. The maximum atomic E-state index is 14.4. The minimum absolute atomic E-state index is 0.0301. The monoisotopic (exact) mass is 476 g/mol. The zero-order chi connectivity index (χ0) is 24.6. The fraction of sp³-hybridized carbons (Fsp3) is 0.310. The summed E-state index contributed by atoms with van der Waals surface area (Å²) in [6, 6.07) is 21.0. The van der Waals surface area contributed by atoms with Gasteiger partial charge in [0.15, 0.2) is 0 Å². The molecule has 6 heteroatoms. The summed E-state index contributed by atoms with van der Waals surface area (Å²) in [4.78, 5) is 24.8. The minimum atomic E-state index is -0.591. The summed E-state index contributed by atoms with van der Waals surface area (Å²) >= 11 is 0. The second kappa shape index (κ2) is 11.7. The van der Waals surface area contributed by atoms with Gasteiger partial charge in [0, 0.05) is 29.8 Å². The molecule has 0 radical (unpaired) electrons. The van der Waals surface area contributed by atoms with Crippen molar-refractivity contribution in [1.82, 2.24) is 10.2 Å². The van der Waals surface area contributed by atoms with E-state index in [0.29, 0.717) is 24.1 Å². The van der Waals surface area contributed by atoms with Crippen LogP contribution in [0.3, 0.4) is 0 Å². The number of rotatable bonds is 6. The molecule has 1 fully saturated rings. The number of benzene rings is 3. The number of fused-ring (bicyclic) bond motifs is 1. The van der Waals surface area contributed by atoms with Crippen LogP contribution < -0.4 is 5.32 Å². The smallest absolute Gasteiger partial charge is 0.254 e. The van der Waals surface area contributed by atoms with Gasteiger partial charge in [-0.05, 0) is 48.9 Å². The number of carbonyl (C=O) groups is 2. The average molecular weight is 477 g/mol. The molecular formula is C29H30F2N2O2. The zero-order valence-corrected chi connectivity index (χ0v) is 19.6. The normalized spacial score (nSPS) is 17.4. The summed E-state index contributed by atoms with van der Waals surface area (Å²) in [7, 11) is 0. The van der Waals surface area contributed by atoms with Crippen LogP contribution in [0.5, 0.6) is 0 Å². The van der Waals surface area contributed by atoms with E-state index in [1.54, 1.807) is 0 Å².